The number of carbonyl (C=O) groups excluding carboxylic acids is 1. The van der Waals surface area contributed by atoms with Crippen molar-refractivity contribution in [3.63, 3.8) is 0 Å². The van der Waals surface area contributed by atoms with Gasteiger partial charge in [0.15, 0.2) is 5.78 Å². The van der Waals surface area contributed by atoms with Crippen LogP contribution in [0.2, 0.25) is 0 Å². The highest BCUT2D eigenvalue weighted by Gasteiger charge is 2.13. The van der Waals surface area contributed by atoms with Crippen molar-refractivity contribution in [3.8, 4) is 0 Å². The third-order valence-corrected chi connectivity index (χ3v) is 3.58. The molecule has 7 nitrogen and oxygen atoms in total. The third kappa shape index (κ3) is 5.45. The lowest BCUT2D eigenvalue weighted by molar-refractivity contribution is -0.384. The molecule has 0 aromatic heterocycles. The predicted octanol–water partition coefficient (Wildman–Crippen LogP) is 0.754. The average molecular weight is 300 g/mol. The molecule has 0 bridgehead atoms. The molecule has 0 aliphatic carbocycles. The van der Waals surface area contributed by atoms with Gasteiger partial charge >= 0.3 is 0 Å². The van der Waals surface area contributed by atoms with E-state index < -0.39 is 14.8 Å². The first-order valence-electron chi connectivity index (χ1n) is 5.83. The van der Waals surface area contributed by atoms with Crippen molar-refractivity contribution in [2.45, 2.75) is 0 Å². The zero-order valence-electron chi connectivity index (χ0n) is 11.3. The molecule has 0 aliphatic heterocycles. The first kappa shape index (κ1) is 16.3. The Labute approximate surface area is 117 Å². The second kappa shape index (κ2) is 6.58. The van der Waals surface area contributed by atoms with Crippen LogP contribution < -0.4 is 0 Å². The molecular formula is C12H16N2O5S. The fourth-order valence-corrected chi connectivity index (χ4v) is 2.15. The molecular weight excluding hydrogens is 284 g/mol. The molecule has 8 heteroatoms. The number of nitrogens with zero attached hydrogens (tertiary/aromatic N) is 2. The Bertz CT molecular complexity index is 595. The molecule has 110 valence electrons. The van der Waals surface area contributed by atoms with E-state index in [1.807, 2.05) is 0 Å². The molecule has 0 atom stereocenters. The first-order valence-corrected chi connectivity index (χ1v) is 7.89. The fraction of sp³-hybridized carbons (Fsp3) is 0.417. The Kier molecular flexibility index (Phi) is 5.34. The van der Waals surface area contributed by atoms with Crippen molar-refractivity contribution >= 4 is 21.3 Å². The number of rotatable bonds is 7. The van der Waals surface area contributed by atoms with E-state index in [0.717, 1.165) is 6.26 Å². The van der Waals surface area contributed by atoms with Gasteiger partial charge in [-0.1, -0.05) is 0 Å². The van der Waals surface area contributed by atoms with E-state index in [0.29, 0.717) is 5.56 Å². The molecule has 0 N–H and O–H groups in total. The van der Waals surface area contributed by atoms with E-state index in [2.05, 4.69) is 0 Å². The van der Waals surface area contributed by atoms with Crippen molar-refractivity contribution in [2.24, 2.45) is 0 Å². The van der Waals surface area contributed by atoms with Crippen LogP contribution in [0.15, 0.2) is 24.3 Å². The van der Waals surface area contributed by atoms with E-state index in [1.54, 1.807) is 11.9 Å². The SMILES string of the molecule is CN(CCS(C)(=O)=O)CC(=O)c1ccc([N+](=O)[O-])cc1. The summed E-state index contributed by atoms with van der Waals surface area (Å²) in [6.45, 7) is 0.324. The number of Topliss-reactive ketones (excluding diaryl/α,β-unsaturated/α-hetero) is 1. The molecule has 0 heterocycles. The number of nitro benzene ring substituents is 1. The lowest BCUT2D eigenvalue weighted by Gasteiger charge is -2.14. The van der Waals surface area contributed by atoms with Crippen LogP contribution in [0.25, 0.3) is 0 Å². The van der Waals surface area contributed by atoms with Crippen LogP contribution in [-0.2, 0) is 9.84 Å². The zero-order valence-corrected chi connectivity index (χ0v) is 12.1. The summed E-state index contributed by atoms with van der Waals surface area (Å²) in [7, 11) is -1.42. The van der Waals surface area contributed by atoms with E-state index in [-0.39, 0.29) is 30.3 Å². The topological polar surface area (TPSA) is 97.6 Å². The minimum absolute atomic E-state index is 0.0168. The predicted molar refractivity (Wildman–Crippen MR) is 74.6 cm³/mol. The summed E-state index contributed by atoms with van der Waals surface area (Å²) < 4.78 is 22.0. The highest BCUT2D eigenvalue weighted by Crippen LogP contribution is 2.12. The largest absolute Gasteiger partial charge is 0.298 e. The van der Waals surface area contributed by atoms with Crippen LogP contribution in [0.3, 0.4) is 0 Å². The van der Waals surface area contributed by atoms with Crippen LogP contribution in [0.4, 0.5) is 5.69 Å². The molecule has 0 saturated heterocycles. The maximum absolute atomic E-state index is 11.9. The van der Waals surface area contributed by atoms with E-state index in [9.17, 15) is 23.3 Å². The maximum atomic E-state index is 11.9. The Hall–Kier alpha value is -1.80. The van der Waals surface area contributed by atoms with E-state index in [4.69, 9.17) is 0 Å². The molecule has 1 aromatic rings. The van der Waals surface area contributed by atoms with Gasteiger partial charge in [-0.3, -0.25) is 19.8 Å². The monoisotopic (exact) mass is 300 g/mol. The number of hydrogen-bond acceptors (Lipinski definition) is 6. The van der Waals surface area contributed by atoms with Gasteiger partial charge in [0.1, 0.15) is 9.84 Å². The van der Waals surface area contributed by atoms with Gasteiger partial charge in [-0.15, -0.1) is 0 Å². The highest BCUT2D eigenvalue weighted by atomic mass is 32.2. The minimum atomic E-state index is -3.06. The number of nitro groups is 1. The van der Waals surface area contributed by atoms with Crippen molar-refractivity contribution in [1.29, 1.82) is 0 Å². The summed E-state index contributed by atoms with van der Waals surface area (Å²) in [5, 5.41) is 10.5. The lowest BCUT2D eigenvalue weighted by atomic mass is 10.1. The Morgan fingerprint density at radius 1 is 1.30 bits per heavy atom. The van der Waals surface area contributed by atoms with Gasteiger partial charge in [0.25, 0.3) is 5.69 Å². The second-order valence-corrected chi connectivity index (χ2v) is 6.85. The summed E-state index contributed by atoms with van der Waals surface area (Å²) in [5.41, 5.74) is 0.286. The van der Waals surface area contributed by atoms with Crippen molar-refractivity contribution < 1.29 is 18.1 Å². The second-order valence-electron chi connectivity index (χ2n) is 4.59. The molecule has 0 aliphatic rings. The quantitative estimate of drug-likeness (QED) is 0.419. The van der Waals surface area contributed by atoms with Gasteiger partial charge in [-0.2, -0.15) is 0 Å². The van der Waals surface area contributed by atoms with Crippen LogP contribution in [0.1, 0.15) is 10.4 Å². The molecule has 0 unspecified atom stereocenters. The van der Waals surface area contributed by atoms with Gasteiger partial charge in [0, 0.05) is 30.5 Å². The van der Waals surface area contributed by atoms with Crippen LogP contribution in [-0.4, -0.2) is 56.2 Å². The zero-order chi connectivity index (χ0) is 15.3. The number of sulfone groups is 1. The minimum Gasteiger partial charge on any atom is -0.298 e. The summed E-state index contributed by atoms with van der Waals surface area (Å²) in [6.07, 6.45) is 1.14. The summed E-state index contributed by atoms with van der Waals surface area (Å²) in [6, 6.07) is 5.32. The average Bonchev–Trinajstić information content (AvgIpc) is 2.35. The number of ketones is 1. The molecule has 0 fully saturated rings. The van der Waals surface area contributed by atoms with E-state index in [1.165, 1.54) is 24.3 Å². The van der Waals surface area contributed by atoms with Gasteiger partial charge in [-0.05, 0) is 19.2 Å². The smallest absolute Gasteiger partial charge is 0.269 e. The molecule has 20 heavy (non-hydrogen) atoms. The highest BCUT2D eigenvalue weighted by molar-refractivity contribution is 7.90. The summed E-state index contributed by atoms with van der Waals surface area (Å²) in [5.74, 6) is -0.229. The maximum Gasteiger partial charge on any atom is 0.269 e. The molecule has 0 amide bonds. The summed E-state index contributed by atoms with van der Waals surface area (Å²) >= 11 is 0. The number of non-ortho nitro benzene ring substituents is 1. The molecule has 0 radical (unpaired) electrons. The fourth-order valence-electron chi connectivity index (χ4n) is 1.51. The lowest BCUT2D eigenvalue weighted by Crippen LogP contribution is -2.30. The van der Waals surface area contributed by atoms with Gasteiger partial charge in [-0.25, -0.2) is 8.42 Å². The van der Waals surface area contributed by atoms with Crippen LogP contribution in [0.5, 0.6) is 0 Å². The molecule has 0 spiro atoms. The third-order valence-electron chi connectivity index (χ3n) is 2.66. The van der Waals surface area contributed by atoms with E-state index >= 15 is 0 Å². The standard InChI is InChI=1S/C12H16N2O5S/c1-13(7-8-20(2,18)19)9-12(15)10-3-5-11(6-4-10)14(16)17/h3-6H,7-9H2,1-2H3. The Morgan fingerprint density at radius 3 is 2.30 bits per heavy atom. The number of likely N-dealkylation sites (N-methyl/N-ethyl adjacent to an activating group) is 1. The number of carbonyl (C=O) groups is 1. The van der Waals surface area contributed by atoms with Crippen molar-refractivity contribution in [2.75, 3.05) is 32.1 Å². The van der Waals surface area contributed by atoms with Crippen LogP contribution >= 0.6 is 0 Å². The van der Waals surface area contributed by atoms with Crippen molar-refractivity contribution in [3.05, 3.63) is 39.9 Å². The van der Waals surface area contributed by atoms with Gasteiger partial charge < -0.3 is 0 Å². The molecule has 0 saturated carbocycles. The van der Waals surface area contributed by atoms with Gasteiger partial charge in [0.05, 0.1) is 17.2 Å². The Balaban J connectivity index is 2.60. The molecule has 1 rings (SSSR count). The first-order chi connectivity index (χ1) is 9.19. The Morgan fingerprint density at radius 2 is 1.85 bits per heavy atom. The number of hydrogen-bond donors (Lipinski definition) is 0. The summed E-state index contributed by atoms with van der Waals surface area (Å²) in [4.78, 5) is 23.5. The normalized spacial score (nSPS) is 11.6. The van der Waals surface area contributed by atoms with Crippen molar-refractivity contribution in [1.82, 2.24) is 4.90 Å². The van der Waals surface area contributed by atoms with Crippen LogP contribution in [0, 0.1) is 10.1 Å². The van der Waals surface area contributed by atoms with Gasteiger partial charge in [0.2, 0.25) is 0 Å². The molecule has 1 aromatic carbocycles. The number of benzene rings is 1.